The van der Waals surface area contributed by atoms with Crippen LogP contribution >= 0.6 is 0 Å². The van der Waals surface area contributed by atoms with Crippen LogP contribution in [0.25, 0.3) is 32.9 Å². The SMILES string of the molecule is Cn1c2ccncc2c2ccc(-c3ccc(OC4CC(Oc5ccc(C#CCOc6ccc7c(c6)C(=O)N(C6CCC(=O)NC6=O)C7=O)nc5)C4)nc3)cc21. The molecular formula is C42H32N6O7. The Bertz CT molecular complexity index is 2600. The Morgan fingerprint density at radius 1 is 0.782 bits per heavy atom. The molecule has 4 amide bonds. The smallest absolute Gasteiger partial charge is 0.262 e. The van der Waals surface area contributed by atoms with E-state index in [0.717, 1.165) is 45.3 Å². The van der Waals surface area contributed by atoms with Gasteiger partial charge in [-0.1, -0.05) is 18.1 Å². The van der Waals surface area contributed by atoms with Gasteiger partial charge >= 0.3 is 0 Å². The number of hydrogen-bond acceptors (Lipinski definition) is 10. The second kappa shape index (κ2) is 13.7. The molecule has 6 heterocycles. The fraction of sp³-hybridized carbons (Fsp3) is 0.214. The summed E-state index contributed by atoms with van der Waals surface area (Å²) in [5, 5.41) is 4.49. The van der Waals surface area contributed by atoms with Crippen molar-refractivity contribution in [1.82, 2.24) is 29.7 Å². The van der Waals surface area contributed by atoms with Crippen molar-refractivity contribution in [1.29, 1.82) is 0 Å². The minimum Gasteiger partial charge on any atom is -0.489 e. The lowest BCUT2D eigenvalue weighted by molar-refractivity contribution is -0.136. The molecule has 1 N–H and O–H groups in total. The first-order chi connectivity index (χ1) is 26.8. The van der Waals surface area contributed by atoms with Gasteiger partial charge < -0.3 is 18.8 Å². The molecule has 1 aliphatic carbocycles. The van der Waals surface area contributed by atoms with Gasteiger partial charge in [-0.3, -0.25) is 34.4 Å². The molecule has 9 rings (SSSR count). The quantitative estimate of drug-likeness (QED) is 0.167. The van der Waals surface area contributed by atoms with Gasteiger partial charge in [0.05, 0.1) is 22.8 Å². The molecule has 1 saturated heterocycles. The molecule has 1 unspecified atom stereocenters. The van der Waals surface area contributed by atoms with Gasteiger partial charge in [-0.05, 0) is 66.4 Å². The molecule has 1 atom stereocenters. The third-order valence-electron chi connectivity index (χ3n) is 10.2. The molecule has 13 nitrogen and oxygen atoms in total. The van der Waals surface area contributed by atoms with Gasteiger partial charge in [0, 0.05) is 72.8 Å². The molecule has 1 saturated carbocycles. The van der Waals surface area contributed by atoms with E-state index in [1.807, 2.05) is 42.9 Å². The zero-order valence-corrected chi connectivity index (χ0v) is 29.5. The summed E-state index contributed by atoms with van der Waals surface area (Å²) in [4.78, 5) is 63.9. The van der Waals surface area contributed by atoms with Crippen molar-refractivity contribution in [3.8, 4) is 40.3 Å². The monoisotopic (exact) mass is 732 g/mol. The Kier molecular flexibility index (Phi) is 8.42. The van der Waals surface area contributed by atoms with Crippen molar-refractivity contribution in [2.75, 3.05) is 6.61 Å². The summed E-state index contributed by atoms with van der Waals surface area (Å²) in [6, 6.07) is 19.5. The number of nitrogens with zero attached hydrogens (tertiary/aromatic N) is 5. The number of benzene rings is 2. The number of pyridine rings is 3. The number of aryl methyl sites for hydroxylation is 1. The van der Waals surface area contributed by atoms with E-state index >= 15 is 0 Å². The fourth-order valence-electron chi connectivity index (χ4n) is 7.24. The van der Waals surface area contributed by atoms with E-state index in [9.17, 15) is 19.2 Å². The molecule has 3 aliphatic rings. The standard InChI is InChI=1S/C42H32N6O7/c1-47-35-14-15-43-23-34(35)31-9-4-24(17-37(31)47)25-5-13-39(45-21-25)55-30-18-29(19-30)54-28-7-6-26(44-22-28)3-2-16-53-27-8-10-32-33(20-27)42(52)48(41(32)51)36-11-12-38(49)46-40(36)50/h4-10,13-15,17,20-23,29-30,36H,11-12,16,18-19H2,1H3,(H,46,49,50). The summed E-state index contributed by atoms with van der Waals surface area (Å²) in [7, 11) is 2.07. The number of amides is 4. The van der Waals surface area contributed by atoms with Crippen LogP contribution in [0.5, 0.6) is 17.4 Å². The Hall–Kier alpha value is -7.07. The zero-order valence-electron chi connectivity index (χ0n) is 29.5. The third-order valence-corrected chi connectivity index (χ3v) is 10.2. The van der Waals surface area contributed by atoms with Crippen LogP contribution < -0.4 is 19.5 Å². The largest absolute Gasteiger partial charge is 0.489 e. The Balaban J connectivity index is 0.737. The highest BCUT2D eigenvalue weighted by molar-refractivity contribution is 6.23. The number of fused-ring (bicyclic) bond motifs is 4. The number of rotatable bonds is 8. The zero-order chi connectivity index (χ0) is 37.6. The molecular weight excluding hydrogens is 700 g/mol. The topological polar surface area (TPSA) is 155 Å². The third kappa shape index (κ3) is 6.37. The first kappa shape index (κ1) is 33.7. The summed E-state index contributed by atoms with van der Waals surface area (Å²) >= 11 is 0. The maximum absolute atomic E-state index is 13.0. The summed E-state index contributed by atoms with van der Waals surface area (Å²) < 4.78 is 20.1. The van der Waals surface area contributed by atoms with Crippen LogP contribution in [0.15, 0.2) is 91.5 Å². The van der Waals surface area contributed by atoms with Crippen molar-refractivity contribution in [2.45, 2.75) is 43.9 Å². The maximum atomic E-state index is 13.0. The van der Waals surface area contributed by atoms with E-state index in [-0.39, 0.29) is 42.8 Å². The number of hydrogen-bond donors (Lipinski definition) is 1. The molecule has 55 heavy (non-hydrogen) atoms. The van der Waals surface area contributed by atoms with E-state index in [2.05, 4.69) is 61.9 Å². The Morgan fingerprint density at radius 3 is 2.40 bits per heavy atom. The highest BCUT2D eigenvalue weighted by Crippen LogP contribution is 2.34. The summed E-state index contributed by atoms with van der Waals surface area (Å²) in [5.74, 6) is 5.14. The molecule has 2 aliphatic heterocycles. The predicted molar refractivity (Wildman–Crippen MR) is 199 cm³/mol. The van der Waals surface area contributed by atoms with Crippen LogP contribution in [-0.4, -0.2) is 72.9 Å². The predicted octanol–water partition coefficient (Wildman–Crippen LogP) is 5.00. The highest BCUT2D eigenvalue weighted by Gasteiger charge is 2.44. The number of ether oxygens (including phenoxy) is 3. The first-order valence-electron chi connectivity index (χ1n) is 17.8. The number of nitrogens with one attached hydrogen (secondary N) is 1. The number of imide groups is 2. The van der Waals surface area contributed by atoms with Crippen molar-refractivity contribution in [2.24, 2.45) is 7.05 Å². The van der Waals surface area contributed by atoms with Crippen LogP contribution in [0.2, 0.25) is 0 Å². The lowest BCUT2D eigenvalue weighted by atomic mass is 9.92. The minimum absolute atomic E-state index is 0.00438. The molecule has 4 aromatic heterocycles. The van der Waals surface area contributed by atoms with Gasteiger partial charge in [0.1, 0.15) is 42.0 Å². The second-order valence-corrected chi connectivity index (χ2v) is 13.6. The fourth-order valence-corrected chi connectivity index (χ4v) is 7.24. The van der Waals surface area contributed by atoms with E-state index in [0.29, 0.717) is 23.1 Å². The maximum Gasteiger partial charge on any atom is 0.262 e. The van der Waals surface area contributed by atoms with Crippen LogP contribution in [0.4, 0.5) is 0 Å². The molecule has 0 bridgehead atoms. The second-order valence-electron chi connectivity index (χ2n) is 13.6. The number of carbonyl (C=O) groups excluding carboxylic acids is 4. The minimum atomic E-state index is -1.03. The lowest BCUT2D eigenvalue weighted by Gasteiger charge is -2.34. The Labute approximate surface area is 314 Å². The average molecular weight is 733 g/mol. The normalized spacial score (nSPS) is 19.1. The molecule has 6 aromatic rings. The van der Waals surface area contributed by atoms with E-state index in [1.165, 1.54) is 17.5 Å². The van der Waals surface area contributed by atoms with E-state index in [1.54, 1.807) is 18.3 Å². The number of aromatic nitrogens is 4. The summed E-state index contributed by atoms with van der Waals surface area (Å²) in [5.41, 5.74) is 5.23. The van der Waals surface area contributed by atoms with Gasteiger partial charge in [0.15, 0.2) is 0 Å². The van der Waals surface area contributed by atoms with E-state index < -0.39 is 29.7 Å². The summed E-state index contributed by atoms with van der Waals surface area (Å²) in [6.07, 6.45) is 8.80. The van der Waals surface area contributed by atoms with Crippen LogP contribution in [0, 0.1) is 11.8 Å². The van der Waals surface area contributed by atoms with Gasteiger partial charge in [-0.2, -0.15) is 0 Å². The molecule has 2 fully saturated rings. The molecule has 272 valence electrons. The van der Waals surface area contributed by atoms with Gasteiger partial charge in [0.25, 0.3) is 11.8 Å². The molecule has 0 spiro atoms. The summed E-state index contributed by atoms with van der Waals surface area (Å²) in [6.45, 7) is 0.0116. The molecule has 13 heteroatoms. The molecule has 0 radical (unpaired) electrons. The van der Waals surface area contributed by atoms with E-state index in [4.69, 9.17) is 14.2 Å². The average Bonchev–Trinajstić information content (AvgIpc) is 3.61. The van der Waals surface area contributed by atoms with Crippen LogP contribution in [0.3, 0.4) is 0 Å². The van der Waals surface area contributed by atoms with Gasteiger partial charge in [0.2, 0.25) is 17.7 Å². The highest BCUT2D eigenvalue weighted by atomic mass is 16.5. The van der Waals surface area contributed by atoms with Crippen LogP contribution in [0.1, 0.15) is 52.1 Å². The van der Waals surface area contributed by atoms with Crippen molar-refractivity contribution >= 4 is 45.4 Å². The van der Waals surface area contributed by atoms with Crippen molar-refractivity contribution in [3.05, 3.63) is 108 Å². The van der Waals surface area contributed by atoms with Crippen LogP contribution in [-0.2, 0) is 16.6 Å². The van der Waals surface area contributed by atoms with Crippen molar-refractivity contribution in [3.63, 3.8) is 0 Å². The first-order valence-corrected chi connectivity index (χ1v) is 17.8. The van der Waals surface area contributed by atoms with Gasteiger partial charge in [-0.25, -0.2) is 9.97 Å². The van der Waals surface area contributed by atoms with Crippen molar-refractivity contribution < 1.29 is 33.4 Å². The molecule has 2 aromatic carbocycles. The number of carbonyl (C=O) groups is 4. The van der Waals surface area contributed by atoms with Gasteiger partial charge in [-0.15, -0.1) is 0 Å². The lowest BCUT2D eigenvalue weighted by Crippen LogP contribution is -2.54. The Morgan fingerprint density at radius 2 is 1.60 bits per heavy atom. The number of piperidine rings is 1.